The Kier molecular flexibility index (Phi) is 2.47. The van der Waals surface area contributed by atoms with Crippen LogP contribution in [0.2, 0.25) is 5.02 Å². The molecule has 1 nitrogen and oxygen atoms in total. The van der Waals surface area contributed by atoms with Gasteiger partial charge in [-0.15, -0.1) is 11.3 Å². The second-order valence-corrected chi connectivity index (χ2v) is 8.67. The molecule has 1 aromatic rings. The Balaban J connectivity index is 1.57. The zero-order valence-electron chi connectivity index (χ0n) is 9.40. The topological polar surface area (TPSA) is 26.0 Å². The van der Waals surface area contributed by atoms with Crippen molar-refractivity contribution in [1.82, 2.24) is 0 Å². The van der Waals surface area contributed by atoms with E-state index in [0.29, 0.717) is 0 Å². The molecule has 0 aliphatic heterocycles. The van der Waals surface area contributed by atoms with Crippen LogP contribution < -0.4 is 5.73 Å². The number of fused-ring (bicyclic) bond motifs is 5. The number of rotatable bonds is 2. The summed E-state index contributed by atoms with van der Waals surface area (Å²) in [7, 11) is 0. The zero-order valence-corrected chi connectivity index (χ0v) is 12.6. The van der Waals surface area contributed by atoms with Crippen LogP contribution in [0.4, 0.5) is 0 Å². The van der Waals surface area contributed by atoms with Gasteiger partial charge < -0.3 is 5.73 Å². The molecule has 3 aliphatic carbocycles. The fourth-order valence-corrected chi connectivity index (χ4v) is 6.40. The molecule has 2 bridgehead atoms. The fourth-order valence-electron chi connectivity index (χ4n) is 4.59. The van der Waals surface area contributed by atoms with Crippen molar-refractivity contribution >= 4 is 38.9 Å². The van der Waals surface area contributed by atoms with Gasteiger partial charge in [0.1, 0.15) is 0 Å². The smallest absolute Gasteiger partial charge is 0.0887 e. The first-order chi connectivity index (χ1) is 8.16. The molecule has 2 N–H and O–H groups in total. The lowest BCUT2D eigenvalue weighted by molar-refractivity contribution is 0.420. The van der Waals surface area contributed by atoms with E-state index < -0.39 is 0 Å². The van der Waals surface area contributed by atoms with E-state index in [2.05, 4.69) is 22.0 Å². The van der Waals surface area contributed by atoms with Crippen LogP contribution in [0.15, 0.2) is 9.85 Å². The van der Waals surface area contributed by atoms with E-state index >= 15 is 0 Å². The standard InChI is InChI=1S/C13H15BrClNS/c14-13-7(15)4-8(17-13)12(16)11-9-5-1-2-6(3-5)10(9)11/h4-6,9-12H,1-3,16H2. The molecule has 5 atom stereocenters. The summed E-state index contributed by atoms with van der Waals surface area (Å²) in [6, 6.07) is 2.28. The van der Waals surface area contributed by atoms with Crippen LogP contribution in [-0.2, 0) is 0 Å². The summed E-state index contributed by atoms with van der Waals surface area (Å²) in [6.45, 7) is 0. The van der Waals surface area contributed by atoms with Gasteiger partial charge in [-0.05, 0) is 70.8 Å². The summed E-state index contributed by atoms with van der Waals surface area (Å²) in [4.78, 5) is 1.26. The summed E-state index contributed by atoms with van der Waals surface area (Å²) in [5.41, 5.74) is 6.46. The highest BCUT2D eigenvalue weighted by molar-refractivity contribution is 9.11. The van der Waals surface area contributed by atoms with E-state index in [9.17, 15) is 0 Å². The van der Waals surface area contributed by atoms with E-state index in [-0.39, 0.29) is 6.04 Å². The van der Waals surface area contributed by atoms with Crippen molar-refractivity contribution in [3.05, 3.63) is 19.8 Å². The predicted octanol–water partition coefficient (Wildman–Crippen LogP) is 4.46. The monoisotopic (exact) mass is 331 g/mol. The normalized spacial score (nSPS) is 43.8. The summed E-state index contributed by atoms with van der Waals surface area (Å²) in [6.07, 6.45) is 4.42. The van der Waals surface area contributed by atoms with Gasteiger partial charge in [0.2, 0.25) is 0 Å². The Morgan fingerprint density at radius 2 is 2.00 bits per heavy atom. The highest BCUT2D eigenvalue weighted by Crippen LogP contribution is 2.72. The Hall–Kier alpha value is 0.430. The van der Waals surface area contributed by atoms with Crippen LogP contribution in [0.1, 0.15) is 30.2 Å². The number of thiophene rings is 1. The molecule has 5 unspecified atom stereocenters. The molecule has 3 fully saturated rings. The molecule has 17 heavy (non-hydrogen) atoms. The van der Waals surface area contributed by atoms with Gasteiger partial charge in [-0.2, -0.15) is 0 Å². The molecule has 92 valence electrons. The van der Waals surface area contributed by atoms with Crippen molar-refractivity contribution < 1.29 is 0 Å². The maximum atomic E-state index is 6.46. The van der Waals surface area contributed by atoms with Gasteiger partial charge in [0.15, 0.2) is 0 Å². The van der Waals surface area contributed by atoms with Gasteiger partial charge in [0.25, 0.3) is 0 Å². The molecule has 0 aromatic carbocycles. The third-order valence-corrected chi connectivity index (χ3v) is 7.78. The minimum atomic E-state index is 0.224. The highest BCUT2D eigenvalue weighted by Gasteiger charge is 2.66. The van der Waals surface area contributed by atoms with E-state index in [1.165, 1.54) is 24.1 Å². The van der Waals surface area contributed by atoms with Gasteiger partial charge in [0, 0.05) is 10.9 Å². The van der Waals surface area contributed by atoms with Crippen LogP contribution in [0.25, 0.3) is 0 Å². The summed E-state index contributed by atoms with van der Waals surface area (Å²) in [5.74, 6) is 4.65. The minimum absolute atomic E-state index is 0.224. The molecule has 3 saturated carbocycles. The summed E-state index contributed by atoms with van der Waals surface area (Å²) < 4.78 is 1.03. The average Bonchev–Trinajstić information content (AvgIpc) is 2.60. The first-order valence-corrected chi connectivity index (χ1v) is 8.36. The number of halogens is 2. The van der Waals surface area contributed by atoms with Crippen LogP contribution in [0.3, 0.4) is 0 Å². The van der Waals surface area contributed by atoms with E-state index in [4.69, 9.17) is 17.3 Å². The number of nitrogens with two attached hydrogens (primary N) is 1. The summed E-state index contributed by atoms with van der Waals surface area (Å²) in [5, 5.41) is 0.814. The van der Waals surface area contributed by atoms with Crippen molar-refractivity contribution in [3.8, 4) is 0 Å². The zero-order chi connectivity index (χ0) is 11.7. The van der Waals surface area contributed by atoms with Crippen LogP contribution in [-0.4, -0.2) is 0 Å². The lowest BCUT2D eigenvalue weighted by atomic mass is 9.97. The van der Waals surface area contributed by atoms with Crippen molar-refractivity contribution in [3.63, 3.8) is 0 Å². The molecule has 0 amide bonds. The minimum Gasteiger partial charge on any atom is -0.323 e. The van der Waals surface area contributed by atoms with Gasteiger partial charge in [-0.1, -0.05) is 11.6 Å². The molecule has 3 aliphatic rings. The third kappa shape index (κ3) is 1.52. The first-order valence-electron chi connectivity index (χ1n) is 6.37. The van der Waals surface area contributed by atoms with Crippen LogP contribution in [0, 0.1) is 29.6 Å². The second-order valence-electron chi connectivity index (χ2n) is 5.86. The maximum absolute atomic E-state index is 6.46. The van der Waals surface area contributed by atoms with E-state index in [1.54, 1.807) is 11.3 Å². The van der Waals surface area contributed by atoms with Crippen molar-refractivity contribution in [1.29, 1.82) is 0 Å². The molecule has 0 radical (unpaired) electrons. The lowest BCUT2D eigenvalue weighted by Gasteiger charge is -2.14. The quantitative estimate of drug-likeness (QED) is 0.850. The Morgan fingerprint density at radius 3 is 2.53 bits per heavy atom. The molecule has 4 rings (SSSR count). The predicted molar refractivity (Wildman–Crippen MR) is 75.3 cm³/mol. The largest absolute Gasteiger partial charge is 0.323 e. The molecule has 0 spiro atoms. The van der Waals surface area contributed by atoms with Crippen molar-refractivity contribution in [2.45, 2.75) is 25.3 Å². The SMILES string of the molecule is NC(c1cc(Cl)c(Br)s1)C1C2C3CCC(C3)C21. The summed E-state index contributed by atoms with van der Waals surface area (Å²) >= 11 is 11.3. The van der Waals surface area contributed by atoms with E-state index in [1.807, 2.05) is 0 Å². The fraction of sp³-hybridized carbons (Fsp3) is 0.692. The lowest BCUT2D eigenvalue weighted by Crippen LogP contribution is -2.16. The third-order valence-electron chi connectivity index (χ3n) is 5.20. The maximum Gasteiger partial charge on any atom is 0.0887 e. The van der Waals surface area contributed by atoms with Crippen LogP contribution in [0.5, 0.6) is 0 Å². The number of hydrogen-bond acceptors (Lipinski definition) is 2. The molecular weight excluding hydrogens is 318 g/mol. The molecule has 0 saturated heterocycles. The van der Waals surface area contributed by atoms with Gasteiger partial charge in [-0.3, -0.25) is 0 Å². The van der Waals surface area contributed by atoms with Crippen molar-refractivity contribution in [2.24, 2.45) is 35.3 Å². The molecule has 1 heterocycles. The molecular formula is C13H15BrClNS. The Labute approximate surface area is 119 Å². The second kappa shape index (κ2) is 3.72. The number of hydrogen-bond donors (Lipinski definition) is 1. The molecule has 4 heteroatoms. The molecule has 1 aromatic heterocycles. The highest BCUT2D eigenvalue weighted by atomic mass is 79.9. The van der Waals surface area contributed by atoms with Crippen LogP contribution >= 0.6 is 38.9 Å². The average molecular weight is 333 g/mol. The van der Waals surface area contributed by atoms with Gasteiger partial charge in [0.05, 0.1) is 8.81 Å². The van der Waals surface area contributed by atoms with Gasteiger partial charge in [-0.25, -0.2) is 0 Å². The van der Waals surface area contributed by atoms with Gasteiger partial charge >= 0.3 is 0 Å². The van der Waals surface area contributed by atoms with Crippen molar-refractivity contribution in [2.75, 3.05) is 0 Å². The van der Waals surface area contributed by atoms with E-state index in [0.717, 1.165) is 38.4 Å². The Bertz CT molecular complexity index is 438. The Morgan fingerprint density at radius 1 is 1.35 bits per heavy atom. The first kappa shape index (κ1) is 11.3.